The fourth-order valence-corrected chi connectivity index (χ4v) is 1.79. The fraction of sp³-hybridized carbons (Fsp3) is 0.308. The molecule has 2 rings (SSSR count). The summed E-state index contributed by atoms with van der Waals surface area (Å²) < 4.78 is 5.07. The quantitative estimate of drug-likeness (QED) is 0.689. The van der Waals surface area contributed by atoms with Crippen molar-refractivity contribution in [3.8, 4) is 5.75 Å². The summed E-state index contributed by atoms with van der Waals surface area (Å²) in [5, 5.41) is 0. The standard InChI is InChI=1S/C13H14O2/c1-15-12-7-5-10(6-8-12)9-11-3-2-4-13(11)14/h5-9H,2-4H2,1H3/b11-9-. The van der Waals surface area contributed by atoms with E-state index in [1.54, 1.807) is 7.11 Å². The molecule has 0 atom stereocenters. The normalized spacial score (nSPS) is 18.5. The summed E-state index contributed by atoms with van der Waals surface area (Å²) in [6.07, 6.45) is 4.61. The molecule has 1 aliphatic carbocycles. The van der Waals surface area contributed by atoms with E-state index in [4.69, 9.17) is 4.74 Å². The number of rotatable bonds is 2. The second-order valence-corrected chi connectivity index (χ2v) is 3.72. The van der Waals surface area contributed by atoms with Crippen molar-refractivity contribution in [3.05, 3.63) is 35.4 Å². The van der Waals surface area contributed by atoms with Crippen molar-refractivity contribution >= 4 is 11.9 Å². The summed E-state index contributed by atoms with van der Waals surface area (Å²) in [5.41, 5.74) is 2.03. The monoisotopic (exact) mass is 202 g/mol. The van der Waals surface area contributed by atoms with Gasteiger partial charge in [-0.15, -0.1) is 0 Å². The molecule has 0 saturated heterocycles. The van der Waals surface area contributed by atoms with Crippen molar-refractivity contribution in [2.24, 2.45) is 0 Å². The summed E-state index contributed by atoms with van der Waals surface area (Å²) in [7, 11) is 1.65. The highest BCUT2D eigenvalue weighted by molar-refractivity contribution is 6.01. The molecule has 15 heavy (non-hydrogen) atoms. The van der Waals surface area contributed by atoms with E-state index in [1.165, 1.54) is 0 Å². The Balaban J connectivity index is 2.20. The van der Waals surface area contributed by atoms with E-state index < -0.39 is 0 Å². The van der Waals surface area contributed by atoms with Crippen molar-refractivity contribution in [2.45, 2.75) is 19.3 Å². The van der Waals surface area contributed by atoms with Crippen molar-refractivity contribution in [1.82, 2.24) is 0 Å². The van der Waals surface area contributed by atoms with Gasteiger partial charge >= 0.3 is 0 Å². The zero-order valence-electron chi connectivity index (χ0n) is 8.82. The molecular weight excluding hydrogens is 188 g/mol. The number of hydrogen-bond acceptors (Lipinski definition) is 2. The van der Waals surface area contributed by atoms with E-state index in [0.717, 1.165) is 29.7 Å². The van der Waals surface area contributed by atoms with Crippen LogP contribution in [0.2, 0.25) is 0 Å². The second kappa shape index (κ2) is 4.30. The number of hydrogen-bond donors (Lipinski definition) is 0. The number of allylic oxidation sites excluding steroid dienone is 1. The lowest BCUT2D eigenvalue weighted by molar-refractivity contribution is -0.114. The molecule has 0 heterocycles. The second-order valence-electron chi connectivity index (χ2n) is 3.72. The van der Waals surface area contributed by atoms with Crippen molar-refractivity contribution in [3.63, 3.8) is 0 Å². The van der Waals surface area contributed by atoms with Crippen molar-refractivity contribution in [2.75, 3.05) is 7.11 Å². The summed E-state index contributed by atoms with van der Waals surface area (Å²) in [6, 6.07) is 7.76. The van der Waals surface area contributed by atoms with Crippen LogP contribution in [-0.2, 0) is 4.79 Å². The van der Waals surface area contributed by atoms with Crippen LogP contribution in [0.4, 0.5) is 0 Å². The molecule has 0 aromatic heterocycles. The first kappa shape index (κ1) is 9.97. The number of ether oxygens (including phenoxy) is 1. The molecule has 0 amide bonds. The maximum Gasteiger partial charge on any atom is 0.158 e. The number of carbonyl (C=O) groups excluding carboxylic acids is 1. The molecule has 0 radical (unpaired) electrons. The van der Waals surface area contributed by atoms with Crippen molar-refractivity contribution in [1.29, 1.82) is 0 Å². The van der Waals surface area contributed by atoms with Crippen LogP contribution in [0.25, 0.3) is 6.08 Å². The van der Waals surface area contributed by atoms with Crippen LogP contribution in [0.3, 0.4) is 0 Å². The minimum atomic E-state index is 0.297. The minimum absolute atomic E-state index is 0.297. The van der Waals surface area contributed by atoms with Crippen molar-refractivity contribution < 1.29 is 9.53 Å². The molecule has 1 saturated carbocycles. The maximum atomic E-state index is 11.4. The lowest BCUT2D eigenvalue weighted by atomic mass is 10.1. The first-order valence-corrected chi connectivity index (χ1v) is 5.17. The topological polar surface area (TPSA) is 26.3 Å². The van der Waals surface area contributed by atoms with Crippen LogP contribution in [0.5, 0.6) is 5.75 Å². The molecule has 2 nitrogen and oxygen atoms in total. The molecule has 0 N–H and O–H groups in total. The van der Waals surface area contributed by atoms with Gasteiger partial charge in [-0.1, -0.05) is 12.1 Å². The Kier molecular flexibility index (Phi) is 2.86. The van der Waals surface area contributed by atoms with Gasteiger partial charge in [0.15, 0.2) is 5.78 Å². The predicted octanol–water partition coefficient (Wildman–Crippen LogP) is 2.83. The van der Waals surface area contributed by atoms with Crippen LogP contribution < -0.4 is 4.74 Å². The molecule has 0 aliphatic heterocycles. The van der Waals surface area contributed by atoms with Gasteiger partial charge in [-0.05, 0) is 42.2 Å². The lowest BCUT2D eigenvalue weighted by Gasteiger charge is -2.00. The van der Waals surface area contributed by atoms with Gasteiger partial charge in [-0.2, -0.15) is 0 Å². The van der Waals surface area contributed by atoms with Crippen LogP contribution in [-0.4, -0.2) is 12.9 Å². The molecule has 1 aliphatic rings. The predicted molar refractivity (Wildman–Crippen MR) is 59.8 cm³/mol. The third-order valence-corrected chi connectivity index (χ3v) is 2.66. The summed E-state index contributed by atoms with van der Waals surface area (Å²) >= 11 is 0. The Hall–Kier alpha value is -1.57. The SMILES string of the molecule is COc1ccc(/C=C2/CCCC2=O)cc1. The first-order valence-electron chi connectivity index (χ1n) is 5.17. The molecular formula is C13H14O2. The summed E-state index contributed by atoms with van der Waals surface area (Å²) in [6.45, 7) is 0. The lowest BCUT2D eigenvalue weighted by Crippen LogP contribution is -1.90. The van der Waals surface area contributed by atoms with Crippen LogP contribution in [0.15, 0.2) is 29.8 Å². The molecule has 2 heteroatoms. The van der Waals surface area contributed by atoms with Gasteiger partial charge in [0.25, 0.3) is 0 Å². The molecule has 0 unspecified atom stereocenters. The van der Waals surface area contributed by atoms with Gasteiger partial charge in [-0.3, -0.25) is 4.79 Å². The largest absolute Gasteiger partial charge is 0.497 e. The van der Waals surface area contributed by atoms with Gasteiger partial charge in [0.05, 0.1) is 7.11 Å². The van der Waals surface area contributed by atoms with Gasteiger partial charge in [-0.25, -0.2) is 0 Å². The highest BCUT2D eigenvalue weighted by atomic mass is 16.5. The minimum Gasteiger partial charge on any atom is -0.497 e. The van der Waals surface area contributed by atoms with Crippen LogP contribution in [0.1, 0.15) is 24.8 Å². The van der Waals surface area contributed by atoms with Gasteiger partial charge in [0.2, 0.25) is 0 Å². The third kappa shape index (κ3) is 2.27. The Bertz CT molecular complexity index is 388. The van der Waals surface area contributed by atoms with E-state index in [9.17, 15) is 4.79 Å². The zero-order chi connectivity index (χ0) is 10.7. The van der Waals surface area contributed by atoms with Crippen LogP contribution in [0, 0.1) is 0 Å². The fourth-order valence-electron chi connectivity index (χ4n) is 1.79. The summed E-state index contributed by atoms with van der Waals surface area (Å²) in [5.74, 6) is 1.14. The van der Waals surface area contributed by atoms with E-state index in [-0.39, 0.29) is 0 Å². The average Bonchev–Trinajstić information content (AvgIpc) is 2.66. The van der Waals surface area contributed by atoms with Gasteiger partial charge in [0.1, 0.15) is 5.75 Å². The van der Waals surface area contributed by atoms with Gasteiger partial charge < -0.3 is 4.74 Å². The maximum absolute atomic E-state index is 11.4. The highest BCUT2D eigenvalue weighted by Crippen LogP contribution is 2.23. The molecule has 1 aromatic rings. The summed E-state index contributed by atoms with van der Waals surface area (Å²) in [4.78, 5) is 11.4. The van der Waals surface area contributed by atoms with E-state index in [0.29, 0.717) is 12.2 Å². The number of carbonyl (C=O) groups is 1. The first-order chi connectivity index (χ1) is 7.29. The molecule has 0 bridgehead atoms. The molecule has 78 valence electrons. The number of Topliss-reactive ketones (excluding diaryl/α,β-unsaturated/α-hetero) is 1. The van der Waals surface area contributed by atoms with E-state index in [2.05, 4.69) is 0 Å². The van der Waals surface area contributed by atoms with E-state index in [1.807, 2.05) is 30.3 Å². The third-order valence-electron chi connectivity index (χ3n) is 2.66. The average molecular weight is 202 g/mol. The van der Waals surface area contributed by atoms with Gasteiger partial charge in [0, 0.05) is 6.42 Å². The Morgan fingerprint density at radius 1 is 1.20 bits per heavy atom. The molecule has 1 fully saturated rings. The number of methoxy groups -OCH3 is 1. The van der Waals surface area contributed by atoms with Crippen LogP contribution >= 0.6 is 0 Å². The van der Waals surface area contributed by atoms with E-state index >= 15 is 0 Å². The zero-order valence-corrected chi connectivity index (χ0v) is 8.82. The molecule has 1 aromatic carbocycles. The molecule has 0 spiro atoms. The highest BCUT2D eigenvalue weighted by Gasteiger charge is 2.16. The Morgan fingerprint density at radius 3 is 2.47 bits per heavy atom. The Labute approximate surface area is 89.6 Å². The number of ketones is 1. The number of benzene rings is 1. The smallest absolute Gasteiger partial charge is 0.158 e. The Morgan fingerprint density at radius 2 is 1.93 bits per heavy atom.